The van der Waals surface area contributed by atoms with Crippen molar-refractivity contribution in [3.63, 3.8) is 0 Å². The number of guanidine groups is 1. The SMILES string of the molecule is CN=C(NCCc1ccc(C)c(OC)c1)NCc1ccc(S(N)(=O)=O)cc1. The molecule has 0 unspecified atom stereocenters. The van der Waals surface area contributed by atoms with Crippen LogP contribution in [0.1, 0.15) is 16.7 Å². The molecule has 7 nitrogen and oxygen atoms in total. The van der Waals surface area contributed by atoms with Crippen molar-refractivity contribution in [3.8, 4) is 5.75 Å². The van der Waals surface area contributed by atoms with Crippen molar-refractivity contribution in [2.75, 3.05) is 20.7 Å². The highest BCUT2D eigenvalue weighted by Crippen LogP contribution is 2.19. The Labute approximate surface area is 160 Å². The zero-order valence-electron chi connectivity index (χ0n) is 15.8. The van der Waals surface area contributed by atoms with Crippen LogP contribution in [0.2, 0.25) is 0 Å². The number of benzene rings is 2. The minimum absolute atomic E-state index is 0.0993. The Morgan fingerprint density at radius 3 is 2.37 bits per heavy atom. The number of nitrogens with zero attached hydrogens (tertiary/aromatic N) is 1. The Bertz CT molecular complexity index is 894. The first-order valence-corrected chi connectivity index (χ1v) is 10.1. The molecule has 0 radical (unpaired) electrons. The second kappa shape index (κ2) is 9.38. The molecule has 0 aliphatic heterocycles. The van der Waals surface area contributed by atoms with Crippen LogP contribution >= 0.6 is 0 Å². The molecular formula is C19H26N4O3S. The quantitative estimate of drug-likeness (QED) is 0.491. The number of aliphatic imine (C=N–C) groups is 1. The molecule has 0 heterocycles. The van der Waals surface area contributed by atoms with Gasteiger partial charge in [0.1, 0.15) is 5.75 Å². The third-order valence-electron chi connectivity index (χ3n) is 4.11. The number of nitrogens with two attached hydrogens (primary N) is 1. The van der Waals surface area contributed by atoms with Crippen LogP contribution in [-0.2, 0) is 23.0 Å². The molecule has 8 heteroatoms. The third kappa shape index (κ3) is 6.26. The van der Waals surface area contributed by atoms with Crippen molar-refractivity contribution in [1.29, 1.82) is 0 Å². The Morgan fingerprint density at radius 2 is 1.78 bits per heavy atom. The van der Waals surface area contributed by atoms with E-state index in [-0.39, 0.29) is 4.90 Å². The number of sulfonamides is 1. The fourth-order valence-corrected chi connectivity index (χ4v) is 3.06. The number of aryl methyl sites for hydroxylation is 1. The van der Waals surface area contributed by atoms with Gasteiger partial charge in [0.2, 0.25) is 10.0 Å². The maximum absolute atomic E-state index is 11.3. The van der Waals surface area contributed by atoms with Crippen molar-refractivity contribution >= 4 is 16.0 Å². The Kier molecular flexibility index (Phi) is 7.20. The van der Waals surface area contributed by atoms with E-state index < -0.39 is 10.0 Å². The van der Waals surface area contributed by atoms with E-state index in [4.69, 9.17) is 9.88 Å². The van der Waals surface area contributed by atoms with E-state index in [1.54, 1.807) is 26.3 Å². The summed E-state index contributed by atoms with van der Waals surface area (Å²) in [6, 6.07) is 12.6. The molecule has 2 aromatic carbocycles. The lowest BCUT2D eigenvalue weighted by molar-refractivity contribution is 0.411. The van der Waals surface area contributed by atoms with E-state index in [9.17, 15) is 8.42 Å². The summed E-state index contributed by atoms with van der Waals surface area (Å²) in [5.74, 6) is 1.56. The normalized spacial score (nSPS) is 11.9. The molecule has 0 aliphatic rings. The van der Waals surface area contributed by atoms with E-state index in [1.807, 2.05) is 19.1 Å². The molecule has 0 amide bonds. The highest BCUT2D eigenvalue weighted by atomic mass is 32.2. The van der Waals surface area contributed by atoms with Crippen LogP contribution in [0.15, 0.2) is 52.4 Å². The van der Waals surface area contributed by atoms with E-state index in [0.29, 0.717) is 12.5 Å². The Hall–Kier alpha value is -2.58. The van der Waals surface area contributed by atoms with Crippen LogP contribution in [-0.4, -0.2) is 35.1 Å². The summed E-state index contributed by atoms with van der Waals surface area (Å²) < 4.78 is 27.9. The minimum Gasteiger partial charge on any atom is -0.496 e. The van der Waals surface area contributed by atoms with Gasteiger partial charge in [0.25, 0.3) is 0 Å². The molecule has 0 saturated heterocycles. The summed E-state index contributed by atoms with van der Waals surface area (Å²) in [6.07, 6.45) is 0.834. The molecular weight excluding hydrogens is 364 g/mol. The number of methoxy groups -OCH3 is 1. The summed E-state index contributed by atoms with van der Waals surface area (Å²) in [7, 11) is -0.292. The van der Waals surface area contributed by atoms with Gasteiger partial charge >= 0.3 is 0 Å². The van der Waals surface area contributed by atoms with Gasteiger partial charge < -0.3 is 15.4 Å². The van der Waals surface area contributed by atoms with Crippen molar-refractivity contribution in [2.45, 2.75) is 24.8 Å². The molecule has 0 saturated carbocycles. The first kappa shape index (κ1) is 20.7. The van der Waals surface area contributed by atoms with Gasteiger partial charge in [-0.3, -0.25) is 4.99 Å². The number of rotatable bonds is 7. The van der Waals surface area contributed by atoms with Crippen molar-refractivity contribution in [1.82, 2.24) is 10.6 Å². The number of ether oxygens (including phenoxy) is 1. The summed E-state index contributed by atoms with van der Waals surface area (Å²) in [5.41, 5.74) is 3.22. The predicted octanol–water partition coefficient (Wildman–Crippen LogP) is 1.56. The van der Waals surface area contributed by atoms with Crippen LogP contribution in [0.25, 0.3) is 0 Å². The van der Waals surface area contributed by atoms with Gasteiger partial charge in [0.05, 0.1) is 12.0 Å². The van der Waals surface area contributed by atoms with Gasteiger partial charge in [-0.2, -0.15) is 0 Å². The topological polar surface area (TPSA) is 106 Å². The van der Waals surface area contributed by atoms with E-state index in [0.717, 1.165) is 29.8 Å². The molecule has 0 bridgehead atoms. The lowest BCUT2D eigenvalue weighted by Gasteiger charge is -2.13. The summed E-state index contributed by atoms with van der Waals surface area (Å²) in [5, 5.41) is 11.6. The molecule has 27 heavy (non-hydrogen) atoms. The van der Waals surface area contributed by atoms with Gasteiger partial charge in [0.15, 0.2) is 5.96 Å². The molecule has 0 spiro atoms. The molecule has 0 aromatic heterocycles. The third-order valence-corrected chi connectivity index (χ3v) is 5.04. The van der Waals surface area contributed by atoms with Crippen molar-refractivity contribution < 1.29 is 13.2 Å². The zero-order chi connectivity index (χ0) is 19.9. The van der Waals surface area contributed by atoms with Gasteiger partial charge in [-0.15, -0.1) is 0 Å². The number of nitrogens with one attached hydrogen (secondary N) is 2. The Morgan fingerprint density at radius 1 is 1.11 bits per heavy atom. The summed E-state index contributed by atoms with van der Waals surface area (Å²) >= 11 is 0. The molecule has 0 fully saturated rings. The number of primary sulfonamides is 1. The van der Waals surface area contributed by atoms with Crippen LogP contribution < -0.4 is 20.5 Å². The van der Waals surface area contributed by atoms with Crippen LogP contribution in [0.3, 0.4) is 0 Å². The standard InChI is InChI=1S/C19H26N4O3S/c1-14-4-5-15(12-18(14)26-3)10-11-22-19(21-2)23-13-16-6-8-17(9-7-16)27(20,24)25/h4-9,12H,10-11,13H2,1-3H3,(H2,20,24,25)(H2,21,22,23). The van der Waals surface area contributed by atoms with Gasteiger partial charge in [0, 0.05) is 20.1 Å². The second-order valence-electron chi connectivity index (χ2n) is 6.10. The smallest absolute Gasteiger partial charge is 0.238 e. The van der Waals surface area contributed by atoms with Gasteiger partial charge in [-0.05, 0) is 48.2 Å². The van der Waals surface area contributed by atoms with Crippen LogP contribution in [0.4, 0.5) is 0 Å². The monoisotopic (exact) mass is 390 g/mol. The predicted molar refractivity (Wildman–Crippen MR) is 107 cm³/mol. The molecule has 4 N–H and O–H groups in total. The lowest BCUT2D eigenvalue weighted by atomic mass is 10.1. The average Bonchev–Trinajstić information content (AvgIpc) is 2.65. The molecule has 2 aromatic rings. The maximum atomic E-state index is 11.3. The van der Waals surface area contributed by atoms with E-state index in [1.165, 1.54) is 17.7 Å². The molecule has 0 aliphatic carbocycles. The largest absolute Gasteiger partial charge is 0.496 e. The molecule has 0 atom stereocenters. The number of hydrogen-bond acceptors (Lipinski definition) is 4. The highest BCUT2D eigenvalue weighted by molar-refractivity contribution is 7.89. The van der Waals surface area contributed by atoms with Crippen LogP contribution in [0, 0.1) is 6.92 Å². The van der Waals surface area contributed by atoms with Crippen molar-refractivity contribution in [3.05, 3.63) is 59.2 Å². The average molecular weight is 391 g/mol. The first-order valence-electron chi connectivity index (χ1n) is 8.53. The maximum Gasteiger partial charge on any atom is 0.238 e. The lowest BCUT2D eigenvalue weighted by Crippen LogP contribution is -2.37. The highest BCUT2D eigenvalue weighted by Gasteiger charge is 2.07. The second-order valence-corrected chi connectivity index (χ2v) is 7.66. The van der Waals surface area contributed by atoms with Gasteiger partial charge in [-0.25, -0.2) is 13.6 Å². The minimum atomic E-state index is -3.67. The fraction of sp³-hybridized carbons (Fsp3) is 0.316. The van der Waals surface area contributed by atoms with Gasteiger partial charge in [-0.1, -0.05) is 24.3 Å². The Balaban J connectivity index is 1.84. The summed E-state index contributed by atoms with van der Waals surface area (Å²) in [4.78, 5) is 4.29. The fourth-order valence-electron chi connectivity index (χ4n) is 2.55. The molecule has 2 rings (SSSR count). The first-order chi connectivity index (χ1) is 12.8. The van der Waals surface area contributed by atoms with Crippen molar-refractivity contribution in [2.24, 2.45) is 10.1 Å². The van der Waals surface area contributed by atoms with E-state index in [2.05, 4.69) is 21.7 Å². The number of hydrogen-bond donors (Lipinski definition) is 3. The van der Waals surface area contributed by atoms with E-state index >= 15 is 0 Å². The zero-order valence-corrected chi connectivity index (χ0v) is 16.6. The molecule has 146 valence electrons. The van der Waals surface area contributed by atoms with Crippen LogP contribution in [0.5, 0.6) is 5.75 Å². The summed E-state index contributed by atoms with van der Waals surface area (Å²) in [6.45, 7) is 3.25.